The number of methoxy groups -OCH3 is 2. The third-order valence-corrected chi connectivity index (χ3v) is 4.94. The molecule has 0 spiro atoms. The number of ketones is 1. The van der Waals surface area contributed by atoms with Crippen LogP contribution < -0.4 is 9.47 Å². The molecule has 0 radical (unpaired) electrons. The maximum Gasteiger partial charge on any atom is 2.00 e. The quantitative estimate of drug-likeness (QED) is 0.193. The van der Waals surface area contributed by atoms with Gasteiger partial charge in [-0.1, -0.05) is 19.9 Å². The van der Waals surface area contributed by atoms with Gasteiger partial charge < -0.3 is 21.7 Å². The van der Waals surface area contributed by atoms with E-state index in [1.54, 1.807) is 43.1 Å². The molecule has 0 amide bonds. The molecule has 0 N–H and O–H groups in total. The molecule has 0 aliphatic rings. The van der Waals surface area contributed by atoms with Crippen LogP contribution >= 0.6 is 0 Å². The molecule has 0 aliphatic carbocycles. The molecule has 0 unspecified atom stereocenters. The number of carbonyl (C=O) groups is 1. The Labute approximate surface area is 230 Å². The van der Waals surface area contributed by atoms with Gasteiger partial charge >= 0.3 is 31.1 Å². The third-order valence-electron chi connectivity index (χ3n) is 4.94. The Hall–Kier alpha value is -2.95. The fraction of sp³-hybridized carbons (Fsp3) is 0.222. The zero-order chi connectivity index (χ0) is 23.8. The maximum atomic E-state index is 12.1. The number of aryl methyl sites for hydroxylation is 1. The molecule has 2 aromatic carbocycles. The molecular formula is C27H29N3O4U. The smallest absolute Gasteiger partial charge is 0.493 e. The first kappa shape index (κ1) is 30.1. The molecule has 4 aromatic rings. The van der Waals surface area contributed by atoms with Gasteiger partial charge in [-0.3, -0.25) is 4.79 Å². The molecule has 0 saturated carbocycles. The van der Waals surface area contributed by atoms with Gasteiger partial charge in [-0.2, -0.15) is 22.8 Å². The second-order valence-electron chi connectivity index (χ2n) is 7.34. The van der Waals surface area contributed by atoms with Gasteiger partial charge in [0.15, 0.2) is 22.9 Å². The number of Topliss-reactive ketones (excluding diaryl/α,β-unsaturated/α-hetero) is 1. The van der Waals surface area contributed by atoms with E-state index in [-0.39, 0.29) is 44.3 Å². The Kier molecular flexibility index (Phi) is 12.4. The SMILES string of the molecule is CCCC(=O)c1cc2nccc(-c3ccc(OC)c(OC)c3)n2n1.Cc1cccc([C-]=O)c1.[CH3-].[U+2]. The number of hydrogen-bond acceptors (Lipinski definition) is 6. The van der Waals surface area contributed by atoms with E-state index in [0.29, 0.717) is 34.8 Å². The number of benzene rings is 2. The number of rotatable bonds is 7. The summed E-state index contributed by atoms with van der Waals surface area (Å²) < 4.78 is 12.3. The summed E-state index contributed by atoms with van der Waals surface area (Å²) in [4.78, 5) is 26.4. The van der Waals surface area contributed by atoms with Gasteiger partial charge in [-0.05, 0) is 30.7 Å². The third kappa shape index (κ3) is 7.52. The Morgan fingerprint density at radius 3 is 2.37 bits per heavy atom. The second kappa shape index (κ2) is 14.5. The predicted octanol–water partition coefficient (Wildman–Crippen LogP) is 5.30. The molecule has 0 atom stereocenters. The van der Waals surface area contributed by atoms with Crippen LogP contribution in [0.25, 0.3) is 16.9 Å². The Balaban J connectivity index is 0.000000474. The normalized spacial score (nSPS) is 9.71. The van der Waals surface area contributed by atoms with Gasteiger partial charge in [0.25, 0.3) is 0 Å². The monoisotopic (exact) mass is 697 g/mol. The fourth-order valence-corrected chi connectivity index (χ4v) is 3.31. The first-order chi connectivity index (χ1) is 16.0. The number of aromatic nitrogens is 3. The van der Waals surface area contributed by atoms with Crippen molar-refractivity contribution in [3.8, 4) is 22.8 Å². The number of fused-ring (bicyclic) bond motifs is 1. The van der Waals surface area contributed by atoms with Gasteiger partial charge in [-0.15, -0.1) is 11.6 Å². The minimum Gasteiger partial charge on any atom is -0.493 e. The molecule has 180 valence electrons. The van der Waals surface area contributed by atoms with Crippen molar-refractivity contribution < 1.29 is 50.2 Å². The van der Waals surface area contributed by atoms with E-state index in [1.807, 2.05) is 56.5 Å². The van der Waals surface area contributed by atoms with E-state index in [1.165, 1.54) is 0 Å². The Morgan fingerprint density at radius 2 is 1.77 bits per heavy atom. The zero-order valence-electron chi connectivity index (χ0n) is 20.7. The number of carbonyl (C=O) groups excluding carboxylic acids is 2. The molecule has 0 fully saturated rings. The molecular weight excluding hydrogens is 668 g/mol. The summed E-state index contributed by atoms with van der Waals surface area (Å²) in [6.45, 7) is 3.92. The van der Waals surface area contributed by atoms with Crippen LogP contribution in [0.1, 0.15) is 41.4 Å². The molecule has 7 nitrogen and oxygen atoms in total. The topological polar surface area (TPSA) is 82.8 Å². The summed E-state index contributed by atoms with van der Waals surface area (Å²) >= 11 is 0. The van der Waals surface area contributed by atoms with Crippen molar-refractivity contribution in [2.45, 2.75) is 26.7 Å². The number of nitrogens with zero attached hydrogens (tertiary/aromatic N) is 3. The van der Waals surface area contributed by atoms with Crippen molar-refractivity contribution in [3.63, 3.8) is 0 Å². The van der Waals surface area contributed by atoms with Crippen LogP contribution in [0.2, 0.25) is 0 Å². The van der Waals surface area contributed by atoms with Crippen molar-refractivity contribution in [1.82, 2.24) is 14.6 Å². The van der Waals surface area contributed by atoms with E-state index in [9.17, 15) is 9.59 Å². The largest absolute Gasteiger partial charge is 2.00 e. The van der Waals surface area contributed by atoms with Crippen LogP contribution in [0.15, 0.2) is 60.8 Å². The summed E-state index contributed by atoms with van der Waals surface area (Å²) in [7, 11) is 3.19. The second-order valence-corrected chi connectivity index (χ2v) is 7.34. The zero-order valence-corrected chi connectivity index (χ0v) is 24.8. The van der Waals surface area contributed by atoms with Gasteiger partial charge in [0.05, 0.1) is 26.2 Å². The van der Waals surface area contributed by atoms with E-state index in [4.69, 9.17) is 9.47 Å². The maximum absolute atomic E-state index is 12.1. The predicted molar refractivity (Wildman–Crippen MR) is 133 cm³/mol. The summed E-state index contributed by atoms with van der Waals surface area (Å²) in [6.07, 6.45) is 4.80. The van der Waals surface area contributed by atoms with E-state index >= 15 is 0 Å². The van der Waals surface area contributed by atoms with E-state index < -0.39 is 0 Å². The Bertz CT molecular complexity index is 1270. The van der Waals surface area contributed by atoms with Crippen LogP contribution in [0.3, 0.4) is 0 Å². The summed E-state index contributed by atoms with van der Waals surface area (Å²) in [6, 6.07) is 16.5. The first-order valence-electron chi connectivity index (χ1n) is 10.6. The molecule has 0 saturated heterocycles. The first-order valence-corrected chi connectivity index (χ1v) is 10.6. The van der Waals surface area contributed by atoms with Crippen LogP contribution in [-0.2, 0) is 4.79 Å². The van der Waals surface area contributed by atoms with Crippen molar-refractivity contribution in [1.29, 1.82) is 0 Å². The van der Waals surface area contributed by atoms with Crippen LogP contribution in [0.5, 0.6) is 11.5 Å². The molecule has 4 rings (SSSR count). The van der Waals surface area contributed by atoms with Gasteiger partial charge in [0.2, 0.25) is 0 Å². The van der Waals surface area contributed by atoms with E-state index in [0.717, 1.165) is 23.2 Å². The molecule has 35 heavy (non-hydrogen) atoms. The molecule has 8 heteroatoms. The van der Waals surface area contributed by atoms with Crippen LogP contribution in [0.4, 0.5) is 0 Å². The average Bonchev–Trinajstić information content (AvgIpc) is 3.29. The molecule has 2 heterocycles. The Morgan fingerprint density at radius 1 is 1.03 bits per heavy atom. The van der Waals surface area contributed by atoms with Crippen molar-refractivity contribution in [2.75, 3.05) is 14.2 Å². The number of hydrogen-bond donors (Lipinski definition) is 0. The minimum atomic E-state index is 0. The van der Waals surface area contributed by atoms with Crippen molar-refractivity contribution in [2.24, 2.45) is 0 Å². The van der Waals surface area contributed by atoms with E-state index in [2.05, 4.69) is 10.1 Å². The molecule has 0 bridgehead atoms. The van der Waals surface area contributed by atoms with Gasteiger partial charge in [0.1, 0.15) is 5.69 Å². The molecule has 0 aliphatic heterocycles. The molecule has 2 aromatic heterocycles. The van der Waals surface area contributed by atoms with Gasteiger partial charge in [0, 0.05) is 24.2 Å². The minimum absolute atomic E-state index is 0. The summed E-state index contributed by atoms with van der Waals surface area (Å²) in [5.74, 6) is 1.32. The van der Waals surface area contributed by atoms with Crippen LogP contribution in [0, 0.1) is 45.5 Å². The van der Waals surface area contributed by atoms with Crippen LogP contribution in [-0.4, -0.2) is 40.9 Å². The average molecular weight is 698 g/mol. The van der Waals surface area contributed by atoms with Crippen molar-refractivity contribution in [3.05, 3.63) is 85.0 Å². The number of ether oxygens (including phenoxy) is 2. The van der Waals surface area contributed by atoms with Gasteiger partial charge in [-0.25, -0.2) is 9.50 Å². The fourth-order valence-electron chi connectivity index (χ4n) is 3.31. The standard InChI is InChI=1S/C18H19N3O3.C8H7O.CH3.U/c1-4-5-15(22)13-11-18-19-9-8-14(21(18)20-13)12-6-7-16(23-2)17(10-12)24-3;1-7-3-2-4-8(5-7)6-9;;/h6-11H,4-5H2,1-3H3;2-5H,1H3;1H3;/q;2*-1;+2. The van der Waals surface area contributed by atoms with Crippen molar-refractivity contribution >= 4 is 17.7 Å². The summed E-state index contributed by atoms with van der Waals surface area (Å²) in [5, 5.41) is 4.44. The summed E-state index contributed by atoms with van der Waals surface area (Å²) in [5.41, 5.74) is 4.53.